The molecule has 0 fully saturated rings. The number of hydrogen-bond donors (Lipinski definition) is 0. The Kier molecular flexibility index (Phi) is 31.9. The molecule has 0 aliphatic heterocycles. The van der Waals surface area contributed by atoms with E-state index in [9.17, 15) is 4.79 Å². The Bertz CT molecular complexity index is 457. The van der Waals surface area contributed by atoms with Gasteiger partial charge in [0.1, 0.15) is 0 Å². The van der Waals surface area contributed by atoms with E-state index in [1.807, 2.05) is 0 Å². The minimum atomic E-state index is -0.116. The molecule has 0 amide bonds. The number of carbonyl (C=O) groups excluding carboxylic acids is 1. The van der Waals surface area contributed by atoms with Crippen LogP contribution < -0.4 is 0 Å². The number of unbranched alkanes of at least 4 members (excludes halogenated alkanes) is 13. The summed E-state index contributed by atoms with van der Waals surface area (Å²) < 4.78 is 27.5. The minimum Gasteiger partial charge on any atom is -0.466 e. The van der Waals surface area contributed by atoms with Gasteiger partial charge in [0.15, 0.2) is 0 Å². The smallest absolute Gasteiger partial charge is 0.305 e. The molecule has 0 unspecified atom stereocenters. The molecule has 0 saturated carbocycles. The Hall–Kier alpha value is -0.690. The van der Waals surface area contributed by atoms with Gasteiger partial charge in [-0.2, -0.15) is 0 Å². The molecule has 0 aromatic heterocycles. The van der Waals surface area contributed by atoms with Crippen molar-refractivity contribution in [1.82, 2.24) is 0 Å². The number of hydrogen-bond acceptors (Lipinski definition) is 6. The van der Waals surface area contributed by atoms with Crippen LogP contribution in [0, 0.1) is 5.92 Å². The quantitative estimate of drug-likeness (QED) is 0.0627. The van der Waals surface area contributed by atoms with E-state index < -0.39 is 0 Å². The van der Waals surface area contributed by atoms with Gasteiger partial charge in [-0.05, 0) is 25.2 Å². The van der Waals surface area contributed by atoms with Gasteiger partial charge >= 0.3 is 5.97 Å². The van der Waals surface area contributed by atoms with E-state index >= 15 is 0 Å². The van der Waals surface area contributed by atoms with E-state index in [2.05, 4.69) is 20.8 Å². The van der Waals surface area contributed by atoms with Crippen LogP contribution in [0.5, 0.6) is 0 Å². The van der Waals surface area contributed by atoms with Gasteiger partial charge in [-0.25, -0.2) is 0 Å². The van der Waals surface area contributed by atoms with Crippen LogP contribution in [-0.2, 0) is 28.5 Å². The lowest BCUT2D eigenvalue weighted by atomic mass is 10.0. The first kappa shape index (κ1) is 37.3. The molecule has 0 aromatic carbocycles. The van der Waals surface area contributed by atoms with Crippen molar-refractivity contribution in [1.29, 1.82) is 0 Å². The average molecular weight is 545 g/mol. The maximum Gasteiger partial charge on any atom is 0.305 e. The summed E-state index contributed by atoms with van der Waals surface area (Å²) in [7, 11) is 0. The maximum absolute atomic E-state index is 11.7. The second-order valence-electron chi connectivity index (χ2n) is 10.9. The Labute approximate surface area is 236 Å². The second-order valence-corrected chi connectivity index (χ2v) is 10.9. The summed E-state index contributed by atoms with van der Waals surface area (Å²) in [6.07, 6.45) is 21.8. The van der Waals surface area contributed by atoms with Crippen molar-refractivity contribution < 1.29 is 28.5 Å². The zero-order valence-corrected chi connectivity index (χ0v) is 25.6. The van der Waals surface area contributed by atoms with E-state index in [0.29, 0.717) is 65.7 Å². The monoisotopic (exact) mass is 544 g/mol. The zero-order chi connectivity index (χ0) is 27.8. The summed E-state index contributed by atoms with van der Waals surface area (Å²) >= 11 is 0. The van der Waals surface area contributed by atoms with E-state index in [4.69, 9.17) is 23.7 Å². The van der Waals surface area contributed by atoms with Crippen LogP contribution in [0.25, 0.3) is 0 Å². The Morgan fingerprint density at radius 1 is 0.474 bits per heavy atom. The highest BCUT2D eigenvalue weighted by atomic mass is 16.6. The summed E-state index contributed by atoms with van der Waals surface area (Å²) in [4.78, 5) is 11.7. The van der Waals surface area contributed by atoms with Crippen LogP contribution >= 0.6 is 0 Å². The Morgan fingerprint density at radius 2 is 0.868 bits per heavy atom. The summed E-state index contributed by atoms with van der Waals surface area (Å²) in [5, 5.41) is 0. The first-order chi connectivity index (χ1) is 18.7. The molecule has 0 aromatic rings. The third kappa shape index (κ3) is 33.3. The molecule has 6 heteroatoms. The van der Waals surface area contributed by atoms with Crippen LogP contribution in [0.2, 0.25) is 0 Å². The molecule has 38 heavy (non-hydrogen) atoms. The highest BCUT2D eigenvalue weighted by Gasteiger charge is 2.03. The van der Waals surface area contributed by atoms with Crippen molar-refractivity contribution in [3.63, 3.8) is 0 Å². The van der Waals surface area contributed by atoms with Gasteiger partial charge in [0.05, 0.1) is 46.2 Å². The molecule has 0 bridgehead atoms. The van der Waals surface area contributed by atoms with Crippen molar-refractivity contribution in [2.45, 2.75) is 136 Å². The number of ether oxygens (including phenoxy) is 5. The zero-order valence-electron chi connectivity index (χ0n) is 25.6. The Balaban J connectivity index is 3.12. The molecule has 0 aliphatic carbocycles. The molecule has 0 radical (unpaired) electrons. The summed E-state index contributed by atoms with van der Waals surface area (Å²) in [6.45, 7) is 12.2. The van der Waals surface area contributed by atoms with Crippen LogP contribution in [0.15, 0.2) is 0 Å². The van der Waals surface area contributed by atoms with Crippen molar-refractivity contribution >= 4 is 5.97 Å². The summed E-state index contributed by atoms with van der Waals surface area (Å²) in [5.41, 5.74) is 0. The van der Waals surface area contributed by atoms with E-state index in [0.717, 1.165) is 31.8 Å². The summed E-state index contributed by atoms with van der Waals surface area (Å²) in [6, 6.07) is 0. The van der Waals surface area contributed by atoms with Gasteiger partial charge in [0, 0.05) is 19.6 Å². The van der Waals surface area contributed by atoms with Gasteiger partial charge < -0.3 is 23.7 Å². The fourth-order valence-electron chi connectivity index (χ4n) is 4.22. The standard InChI is InChI=1S/C32H64O6/c1-4-5-6-7-8-9-10-11-14-17-22-34-25-27-36-29-30-37-28-26-35-23-19-21-32(33)38-24-18-15-12-13-16-20-31(2)3/h31H,4-30H2,1-3H3. The summed E-state index contributed by atoms with van der Waals surface area (Å²) in [5.74, 6) is 0.681. The topological polar surface area (TPSA) is 63.2 Å². The largest absolute Gasteiger partial charge is 0.466 e. The van der Waals surface area contributed by atoms with Crippen molar-refractivity contribution in [3.05, 3.63) is 0 Å². The third-order valence-corrected chi connectivity index (χ3v) is 6.62. The van der Waals surface area contributed by atoms with Crippen molar-refractivity contribution in [2.75, 3.05) is 59.5 Å². The molecule has 0 atom stereocenters. The number of esters is 1. The first-order valence-electron chi connectivity index (χ1n) is 16.1. The van der Waals surface area contributed by atoms with Gasteiger partial charge in [0.25, 0.3) is 0 Å². The minimum absolute atomic E-state index is 0.116. The van der Waals surface area contributed by atoms with Gasteiger partial charge in [-0.3, -0.25) is 4.79 Å². The molecule has 0 saturated heterocycles. The van der Waals surface area contributed by atoms with Gasteiger partial charge in [-0.15, -0.1) is 0 Å². The highest BCUT2D eigenvalue weighted by molar-refractivity contribution is 5.69. The molecule has 0 aliphatic rings. The molecular weight excluding hydrogens is 480 g/mol. The molecular formula is C32H64O6. The maximum atomic E-state index is 11.7. The molecule has 0 spiro atoms. The van der Waals surface area contributed by atoms with Gasteiger partial charge in [0.2, 0.25) is 0 Å². The normalized spacial score (nSPS) is 11.5. The predicted octanol–water partition coefficient (Wildman–Crippen LogP) is 8.29. The lowest BCUT2D eigenvalue weighted by Gasteiger charge is -2.08. The number of rotatable bonds is 32. The fraction of sp³-hybridized carbons (Fsp3) is 0.969. The first-order valence-corrected chi connectivity index (χ1v) is 16.1. The molecule has 0 N–H and O–H groups in total. The lowest BCUT2D eigenvalue weighted by Crippen LogP contribution is -2.12. The van der Waals surface area contributed by atoms with Crippen LogP contribution in [0.1, 0.15) is 136 Å². The Morgan fingerprint density at radius 3 is 1.37 bits per heavy atom. The van der Waals surface area contributed by atoms with E-state index in [-0.39, 0.29) is 5.97 Å². The van der Waals surface area contributed by atoms with Crippen LogP contribution in [-0.4, -0.2) is 65.4 Å². The highest BCUT2D eigenvalue weighted by Crippen LogP contribution is 2.11. The fourth-order valence-corrected chi connectivity index (χ4v) is 4.22. The van der Waals surface area contributed by atoms with Crippen molar-refractivity contribution in [3.8, 4) is 0 Å². The van der Waals surface area contributed by atoms with Gasteiger partial charge in [-0.1, -0.05) is 111 Å². The lowest BCUT2D eigenvalue weighted by molar-refractivity contribution is -0.144. The molecule has 0 heterocycles. The molecule has 6 nitrogen and oxygen atoms in total. The SMILES string of the molecule is CCCCCCCCCCCCOCCOCCOCCOCCCC(=O)OCCCCCCCC(C)C. The molecule has 0 rings (SSSR count). The average Bonchev–Trinajstić information content (AvgIpc) is 2.90. The van der Waals surface area contributed by atoms with Crippen LogP contribution in [0.4, 0.5) is 0 Å². The predicted molar refractivity (Wildman–Crippen MR) is 158 cm³/mol. The number of carbonyl (C=O) groups is 1. The van der Waals surface area contributed by atoms with E-state index in [1.165, 1.54) is 83.5 Å². The van der Waals surface area contributed by atoms with E-state index in [1.54, 1.807) is 0 Å². The third-order valence-electron chi connectivity index (χ3n) is 6.62. The molecule has 228 valence electrons. The van der Waals surface area contributed by atoms with Crippen molar-refractivity contribution in [2.24, 2.45) is 5.92 Å². The second kappa shape index (κ2) is 32.5. The van der Waals surface area contributed by atoms with Crippen LogP contribution in [0.3, 0.4) is 0 Å².